The summed E-state index contributed by atoms with van der Waals surface area (Å²) in [6.45, 7) is 0. The molecule has 1 fully saturated rings. The number of hydrazine groups is 1. The zero-order chi connectivity index (χ0) is 18.0. The van der Waals surface area contributed by atoms with Gasteiger partial charge in [0.05, 0.1) is 10.5 Å². The fourth-order valence-corrected chi connectivity index (χ4v) is 3.49. The lowest BCUT2D eigenvalue weighted by Gasteiger charge is -2.16. The van der Waals surface area contributed by atoms with Crippen LogP contribution in [0.5, 0.6) is 5.75 Å². The monoisotopic (exact) mass is 390 g/mol. The number of rotatable bonds is 3. The maximum atomic E-state index is 12.5. The van der Waals surface area contributed by atoms with Crippen LogP contribution in [0.25, 0.3) is 6.08 Å². The van der Waals surface area contributed by atoms with E-state index < -0.39 is 11.8 Å². The van der Waals surface area contributed by atoms with E-state index in [1.54, 1.807) is 42.5 Å². The van der Waals surface area contributed by atoms with Gasteiger partial charge in [-0.1, -0.05) is 53.7 Å². The number of hydrogen-bond acceptors (Lipinski definition) is 5. The second-order valence-electron chi connectivity index (χ2n) is 5.00. The highest BCUT2D eigenvalue weighted by Gasteiger charge is 2.34. The number of phenols is 1. The van der Waals surface area contributed by atoms with Gasteiger partial charge in [-0.2, -0.15) is 5.01 Å². The Balaban J connectivity index is 1.81. The van der Waals surface area contributed by atoms with Crippen LogP contribution in [0.2, 0.25) is 5.02 Å². The summed E-state index contributed by atoms with van der Waals surface area (Å²) in [6, 6.07) is 13.1. The first-order valence-corrected chi connectivity index (χ1v) is 8.69. The molecule has 5 nitrogen and oxygen atoms in total. The Labute approximate surface area is 158 Å². The SMILES string of the molecule is O=C(NN1C(=O)C(=Cc2ccccc2Cl)SC1=S)c1ccccc1O. The number of phenolic OH excluding ortho intramolecular Hbond substituents is 1. The third-order valence-electron chi connectivity index (χ3n) is 3.35. The van der Waals surface area contributed by atoms with E-state index in [1.807, 2.05) is 0 Å². The van der Waals surface area contributed by atoms with Gasteiger partial charge in [0.1, 0.15) is 5.75 Å². The van der Waals surface area contributed by atoms with Crippen molar-refractivity contribution in [3.05, 3.63) is 69.6 Å². The molecule has 0 spiro atoms. The Morgan fingerprint density at radius 2 is 1.88 bits per heavy atom. The van der Waals surface area contributed by atoms with E-state index in [0.717, 1.165) is 16.8 Å². The fourth-order valence-electron chi connectivity index (χ4n) is 2.12. The molecule has 126 valence electrons. The summed E-state index contributed by atoms with van der Waals surface area (Å²) in [6.07, 6.45) is 1.62. The first-order chi connectivity index (χ1) is 12.0. The average Bonchev–Trinajstić information content (AvgIpc) is 2.85. The van der Waals surface area contributed by atoms with Crippen molar-refractivity contribution in [3.8, 4) is 5.75 Å². The van der Waals surface area contributed by atoms with Crippen molar-refractivity contribution in [2.75, 3.05) is 0 Å². The van der Waals surface area contributed by atoms with Crippen molar-refractivity contribution in [2.24, 2.45) is 0 Å². The lowest BCUT2D eigenvalue weighted by Crippen LogP contribution is -2.44. The van der Waals surface area contributed by atoms with E-state index in [9.17, 15) is 14.7 Å². The molecular formula is C17H11ClN2O3S2. The Kier molecular flexibility index (Phi) is 5.08. The summed E-state index contributed by atoms with van der Waals surface area (Å²) in [4.78, 5) is 25.1. The molecule has 2 aromatic rings. The van der Waals surface area contributed by atoms with Gasteiger partial charge in [-0.05, 0) is 42.1 Å². The second-order valence-corrected chi connectivity index (χ2v) is 7.08. The van der Waals surface area contributed by atoms with Crippen LogP contribution in [-0.4, -0.2) is 26.3 Å². The highest BCUT2D eigenvalue weighted by atomic mass is 35.5. The number of para-hydroxylation sites is 1. The number of thioether (sulfide) groups is 1. The quantitative estimate of drug-likeness (QED) is 0.619. The molecule has 8 heteroatoms. The third-order valence-corrected chi connectivity index (χ3v) is 4.99. The zero-order valence-corrected chi connectivity index (χ0v) is 15.0. The minimum absolute atomic E-state index is 0.0478. The molecule has 1 aliphatic heterocycles. The number of carbonyl (C=O) groups is 2. The molecule has 3 rings (SSSR count). The van der Waals surface area contributed by atoms with E-state index in [1.165, 1.54) is 12.1 Å². The fraction of sp³-hybridized carbons (Fsp3) is 0. The highest BCUT2D eigenvalue weighted by molar-refractivity contribution is 8.26. The number of nitrogens with zero attached hydrogens (tertiary/aromatic N) is 1. The number of hydrogen-bond donors (Lipinski definition) is 2. The molecule has 1 heterocycles. The van der Waals surface area contributed by atoms with Gasteiger partial charge in [-0.3, -0.25) is 15.0 Å². The zero-order valence-electron chi connectivity index (χ0n) is 12.6. The van der Waals surface area contributed by atoms with E-state index in [-0.39, 0.29) is 15.6 Å². The Morgan fingerprint density at radius 1 is 1.20 bits per heavy atom. The smallest absolute Gasteiger partial charge is 0.285 e. The van der Waals surface area contributed by atoms with Crippen molar-refractivity contribution in [1.82, 2.24) is 10.4 Å². The molecule has 0 aliphatic carbocycles. The van der Waals surface area contributed by atoms with Crippen molar-refractivity contribution >= 4 is 57.8 Å². The van der Waals surface area contributed by atoms with E-state index in [0.29, 0.717) is 15.5 Å². The largest absolute Gasteiger partial charge is 0.507 e. The Morgan fingerprint density at radius 3 is 2.60 bits per heavy atom. The summed E-state index contributed by atoms with van der Waals surface area (Å²) >= 11 is 12.3. The summed E-state index contributed by atoms with van der Waals surface area (Å²) in [5.74, 6) is -1.27. The predicted molar refractivity (Wildman–Crippen MR) is 102 cm³/mol. The first-order valence-electron chi connectivity index (χ1n) is 7.09. The number of nitrogens with one attached hydrogen (secondary N) is 1. The van der Waals surface area contributed by atoms with Crippen LogP contribution in [-0.2, 0) is 4.79 Å². The minimum Gasteiger partial charge on any atom is -0.507 e. The second kappa shape index (κ2) is 7.26. The molecule has 0 aromatic heterocycles. The van der Waals surface area contributed by atoms with Crippen molar-refractivity contribution < 1.29 is 14.7 Å². The number of halogens is 1. The van der Waals surface area contributed by atoms with Crippen molar-refractivity contribution in [1.29, 1.82) is 0 Å². The Hall–Kier alpha value is -2.35. The predicted octanol–water partition coefficient (Wildman–Crippen LogP) is 3.59. The first kappa shape index (κ1) is 17.5. The van der Waals surface area contributed by atoms with E-state index >= 15 is 0 Å². The van der Waals surface area contributed by atoms with E-state index in [2.05, 4.69) is 5.43 Å². The van der Waals surface area contributed by atoms with Crippen LogP contribution in [0, 0.1) is 0 Å². The average molecular weight is 391 g/mol. The summed E-state index contributed by atoms with van der Waals surface area (Å²) in [7, 11) is 0. The van der Waals surface area contributed by atoms with Gasteiger partial charge in [-0.15, -0.1) is 0 Å². The van der Waals surface area contributed by atoms with Crippen LogP contribution in [0.1, 0.15) is 15.9 Å². The minimum atomic E-state index is -0.631. The van der Waals surface area contributed by atoms with Gasteiger partial charge in [0.2, 0.25) is 0 Å². The molecule has 0 saturated carbocycles. The van der Waals surface area contributed by atoms with Gasteiger partial charge in [0.15, 0.2) is 4.32 Å². The lowest BCUT2D eigenvalue weighted by molar-refractivity contribution is -0.123. The number of carbonyl (C=O) groups excluding carboxylic acids is 2. The summed E-state index contributed by atoms with van der Waals surface area (Å²) in [5.41, 5.74) is 3.14. The maximum Gasteiger partial charge on any atom is 0.285 e. The van der Waals surface area contributed by atoms with Gasteiger partial charge in [0.25, 0.3) is 11.8 Å². The van der Waals surface area contributed by atoms with Crippen molar-refractivity contribution in [3.63, 3.8) is 0 Å². The number of thiocarbonyl (C=S) groups is 1. The summed E-state index contributed by atoms with van der Waals surface area (Å²) < 4.78 is 0.187. The molecule has 25 heavy (non-hydrogen) atoms. The number of aromatic hydroxyl groups is 1. The molecular weight excluding hydrogens is 380 g/mol. The molecule has 0 bridgehead atoms. The third kappa shape index (κ3) is 3.68. The molecule has 2 amide bonds. The molecule has 1 saturated heterocycles. The van der Waals surface area contributed by atoms with Crippen LogP contribution in [0.4, 0.5) is 0 Å². The Bertz CT molecular complexity index is 914. The van der Waals surface area contributed by atoms with Gasteiger partial charge in [-0.25, -0.2) is 0 Å². The molecule has 2 aromatic carbocycles. The number of amides is 2. The van der Waals surface area contributed by atoms with Crippen LogP contribution in [0.15, 0.2) is 53.4 Å². The highest BCUT2D eigenvalue weighted by Crippen LogP contribution is 2.33. The van der Waals surface area contributed by atoms with Gasteiger partial charge in [0, 0.05) is 5.02 Å². The standard InChI is InChI=1S/C17H11ClN2O3S2/c18-12-7-3-1-5-10(12)9-14-16(23)20(17(24)25-14)19-15(22)11-6-2-4-8-13(11)21/h1-9,21H,(H,19,22). The normalized spacial score (nSPS) is 15.7. The van der Waals surface area contributed by atoms with Crippen LogP contribution in [0.3, 0.4) is 0 Å². The molecule has 1 aliphatic rings. The van der Waals surface area contributed by atoms with Gasteiger partial charge >= 0.3 is 0 Å². The summed E-state index contributed by atoms with van der Waals surface area (Å²) in [5, 5.41) is 11.2. The molecule has 2 N–H and O–H groups in total. The van der Waals surface area contributed by atoms with Crippen molar-refractivity contribution in [2.45, 2.75) is 0 Å². The van der Waals surface area contributed by atoms with Crippen LogP contribution < -0.4 is 5.43 Å². The van der Waals surface area contributed by atoms with Gasteiger partial charge < -0.3 is 5.11 Å². The van der Waals surface area contributed by atoms with E-state index in [4.69, 9.17) is 23.8 Å². The number of benzene rings is 2. The molecule has 0 atom stereocenters. The molecule has 0 radical (unpaired) electrons. The maximum absolute atomic E-state index is 12.5. The molecule has 0 unspecified atom stereocenters. The topological polar surface area (TPSA) is 69.6 Å². The lowest BCUT2D eigenvalue weighted by atomic mass is 10.2. The van der Waals surface area contributed by atoms with Crippen LogP contribution >= 0.6 is 35.6 Å².